The summed E-state index contributed by atoms with van der Waals surface area (Å²) >= 11 is 0. The Balaban J connectivity index is 1.83. The van der Waals surface area contributed by atoms with E-state index in [0.717, 1.165) is 25.9 Å². The molecule has 6 nitrogen and oxygen atoms in total. The maximum atomic E-state index is 11.6. The summed E-state index contributed by atoms with van der Waals surface area (Å²) in [5, 5.41) is 13.3. The van der Waals surface area contributed by atoms with Crippen molar-refractivity contribution in [2.45, 2.75) is 25.5 Å². The van der Waals surface area contributed by atoms with Gasteiger partial charge in [-0.3, -0.25) is 14.4 Å². The van der Waals surface area contributed by atoms with E-state index >= 15 is 0 Å². The Morgan fingerprint density at radius 1 is 1.53 bits per heavy atom. The van der Waals surface area contributed by atoms with Gasteiger partial charge in [-0.05, 0) is 12.8 Å². The Morgan fingerprint density at radius 2 is 2.21 bits per heavy atom. The fourth-order valence-corrected chi connectivity index (χ4v) is 2.28. The van der Waals surface area contributed by atoms with Gasteiger partial charge in [-0.15, -0.1) is 0 Å². The predicted molar refractivity (Wildman–Crippen MR) is 70.4 cm³/mol. The Bertz CT molecular complexity index is 422. The first kappa shape index (κ1) is 14.0. The second-order valence-corrected chi connectivity index (χ2v) is 5.15. The van der Waals surface area contributed by atoms with Crippen LogP contribution >= 0.6 is 0 Å². The number of aliphatic hydroxyl groups is 1. The molecule has 1 N–H and O–H groups in total. The average molecular weight is 265 g/mol. The van der Waals surface area contributed by atoms with E-state index in [2.05, 4.69) is 16.1 Å². The Kier molecular flexibility index (Phi) is 4.55. The molecule has 2 heterocycles. The largest absolute Gasteiger partial charge is 0.390 e. The minimum Gasteiger partial charge on any atom is -0.390 e. The molecule has 1 radical (unpaired) electrons. The van der Waals surface area contributed by atoms with Crippen LogP contribution in [0.15, 0.2) is 6.20 Å². The number of likely N-dealkylation sites (tertiary alicyclic amines) is 1. The third-order valence-corrected chi connectivity index (χ3v) is 3.54. The van der Waals surface area contributed by atoms with Crippen molar-refractivity contribution in [3.8, 4) is 0 Å². The first-order valence-electron chi connectivity index (χ1n) is 6.59. The van der Waals surface area contributed by atoms with Crippen LogP contribution in [0.3, 0.4) is 0 Å². The van der Waals surface area contributed by atoms with Crippen molar-refractivity contribution < 1.29 is 9.90 Å². The van der Waals surface area contributed by atoms with E-state index in [1.165, 1.54) is 0 Å². The number of aromatic nitrogens is 2. The Labute approximate surface area is 113 Å². The maximum Gasteiger partial charge on any atom is 0.236 e. The fraction of sp³-hybridized carbons (Fsp3) is 0.692. The summed E-state index contributed by atoms with van der Waals surface area (Å²) in [5.41, 5.74) is 0.588. The number of likely N-dealkylation sites (N-methyl/N-ethyl adjacent to an activating group) is 1. The molecule has 0 aliphatic carbocycles. The maximum absolute atomic E-state index is 11.6. The minimum absolute atomic E-state index is 0.0663. The minimum atomic E-state index is -0.0663. The lowest BCUT2D eigenvalue weighted by Crippen LogP contribution is -2.41. The van der Waals surface area contributed by atoms with Gasteiger partial charge >= 0.3 is 0 Å². The van der Waals surface area contributed by atoms with E-state index in [9.17, 15) is 4.79 Å². The molecule has 1 aromatic heterocycles. The third kappa shape index (κ3) is 3.54. The molecule has 0 atom stereocenters. The number of carbonyl (C=O) groups excluding carboxylic acids is 1. The standard InChI is InChI=1S/C13H21N4O2/c1-15(2)13(19)9-16-6-4-12(5-7-16)17-8-3-11(10-18)14-17/h8,12,18H,4-7,9-10H2,1-2H3. The van der Waals surface area contributed by atoms with E-state index < -0.39 is 0 Å². The van der Waals surface area contributed by atoms with Crippen LogP contribution in [-0.2, 0) is 11.4 Å². The molecule has 1 aliphatic rings. The van der Waals surface area contributed by atoms with Crippen LogP contribution in [-0.4, -0.2) is 64.3 Å². The molecule has 1 fully saturated rings. The highest BCUT2D eigenvalue weighted by atomic mass is 16.3. The number of hydrogen-bond donors (Lipinski definition) is 1. The number of amides is 1. The van der Waals surface area contributed by atoms with E-state index in [1.54, 1.807) is 25.2 Å². The zero-order chi connectivity index (χ0) is 13.8. The predicted octanol–water partition coefficient (Wildman–Crippen LogP) is -0.0993. The Hall–Kier alpha value is -1.40. The highest BCUT2D eigenvalue weighted by Crippen LogP contribution is 2.21. The van der Waals surface area contributed by atoms with Gasteiger partial charge in [-0.25, -0.2) is 0 Å². The van der Waals surface area contributed by atoms with Crippen molar-refractivity contribution >= 4 is 5.91 Å². The van der Waals surface area contributed by atoms with Gasteiger partial charge in [0.15, 0.2) is 0 Å². The van der Waals surface area contributed by atoms with Crippen molar-refractivity contribution in [1.82, 2.24) is 19.6 Å². The summed E-state index contributed by atoms with van der Waals surface area (Å²) in [4.78, 5) is 15.4. The van der Waals surface area contributed by atoms with Gasteiger partial charge in [0.2, 0.25) is 5.91 Å². The number of aliphatic hydroxyl groups excluding tert-OH is 1. The lowest BCUT2D eigenvalue weighted by Gasteiger charge is -2.32. The summed E-state index contributed by atoms with van der Waals surface area (Å²) in [6.45, 7) is 2.23. The quantitative estimate of drug-likeness (QED) is 0.826. The molecule has 0 saturated carbocycles. The van der Waals surface area contributed by atoms with Gasteiger partial charge in [0.25, 0.3) is 0 Å². The third-order valence-electron chi connectivity index (χ3n) is 3.54. The van der Waals surface area contributed by atoms with E-state index in [4.69, 9.17) is 5.11 Å². The van der Waals surface area contributed by atoms with Crippen LogP contribution in [0.4, 0.5) is 0 Å². The topological polar surface area (TPSA) is 61.6 Å². The monoisotopic (exact) mass is 265 g/mol. The van der Waals surface area contributed by atoms with E-state index in [1.807, 2.05) is 4.68 Å². The lowest BCUT2D eigenvalue weighted by molar-refractivity contribution is -0.130. The van der Waals surface area contributed by atoms with Crippen molar-refractivity contribution in [3.63, 3.8) is 0 Å². The Morgan fingerprint density at radius 3 is 2.74 bits per heavy atom. The summed E-state index contributed by atoms with van der Waals surface area (Å²) in [7, 11) is 3.57. The van der Waals surface area contributed by atoms with Gasteiger partial charge in [0.05, 0.1) is 24.9 Å². The van der Waals surface area contributed by atoms with Crippen LogP contribution in [0.25, 0.3) is 0 Å². The summed E-state index contributed by atoms with van der Waals surface area (Å²) in [6, 6.07) is 3.29. The molecule has 105 valence electrons. The number of carbonyl (C=O) groups is 1. The normalized spacial score (nSPS) is 17.6. The molecule has 19 heavy (non-hydrogen) atoms. The molecular weight excluding hydrogens is 244 g/mol. The van der Waals surface area contributed by atoms with Crippen LogP contribution in [0.2, 0.25) is 0 Å². The molecule has 0 aromatic carbocycles. The highest BCUT2D eigenvalue weighted by molar-refractivity contribution is 5.77. The highest BCUT2D eigenvalue weighted by Gasteiger charge is 2.22. The van der Waals surface area contributed by atoms with Gasteiger partial charge in [-0.1, -0.05) is 0 Å². The SMILES string of the molecule is CN(C)C(=O)CN1CCC(n2c[c]c(CO)n2)CC1. The summed E-state index contributed by atoms with van der Waals surface area (Å²) in [6.07, 6.45) is 3.75. The zero-order valence-corrected chi connectivity index (χ0v) is 11.5. The van der Waals surface area contributed by atoms with Gasteiger partial charge in [0, 0.05) is 39.4 Å². The van der Waals surface area contributed by atoms with Crippen LogP contribution in [0.5, 0.6) is 0 Å². The van der Waals surface area contributed by atoms with Crippen molar-refractivity contribution in [1.29, 1.82) is 0 Å². The molecule has 6 heteroatoms. The molecule has 0 bridgehead atoms. The second-order valence-electron chi connectivity index (χ2n) is 5.15. The van der Waals surface area contributed by atoms with Gasteiger partial charge < -0.3 is 10.0 Å². The first-order valence-corrected chi connectivity index (χ1v) is 6.59. The van der Waals surface area contributed by atoms with E-state index in [-0.39, 0.29) is 12.5 Å². The van der Waals surface area contributed by atoms with E-state index in [0.29, 0.717) is 18.3 Å². The van der Waals surface area contributed by atoms with Crippen LogP contribution in [0.1, 0.15) is 24.6 Å². The van der Waals surface area contributed by atoms with Crippen molar-refractivity contribution in [2.75, 3.05) is 33.7 Å². The first-order chi connectivity index (χ1) is 9.10. The van der Waals surface area contributed by atoms with Crippen LogP contribution < -0.4 is 0 Å². The van der Waals surface area contributed by atoms with Crippen molar-refractivity contribution in [3.05, 3.63) is 18.0 Å². The number of nitrogens with zero attached hydrogens (tertiary/aromatic N) is 4. The smallest absolute Gasteiger partial charge is 0.236 e. The molecule has 0 spiro atoms. The van der Waals surface area contributed by atoms with Gasteiger partial charge in [0.1, 0.15) is 0 Å². The summed E-state index contributed by atoms with van der Waals surface area (Å²) < 4.78 is 1.89. The molecule has 0 unspecified atom stereocenters. The molecule has 1 aromatic rings. The van der Waals surface area contributed by atoms with Crippen LogP contribution in [0, 0.1) is 6.07 Å². The zero-order valence-electron chi connectivity index (χ0n) is 11.5. The number of piperidine rings is 1. The molecule has 1 amide bonds. The number of rotatable bonds is 4. The summed E-state index contributed by atoms with van der Waals surface area (Å²) in [5.74, 6) is 0.147. The van der Waals surface area contributed by atoms with Gasteiger partial charge in [-0.2, -0.15) is 5.10 Å². The molecular formula is C13H21N4O2. The molecule has 2 rings (SSSR count). The second kappa shape index (κ2) is 6.16. The number of hydrogen-bond acceptors (Lipinski definition) is 4. The average Bonchev–Trinajstić information content (AvgIpc) is 2.88. The molecule has 1 saturated heterocycles. The molecule has 1 aliphatic heterocycles. The van der Waals surface area contributed by atoms with Crippen molar-refractivity contribution in [2.24, 2.45) is 0 Å². The fourth-order valence-electron chi connectivity index (χ4n) is 2.28. The lowest BCUT2D eigenvalue weighted by atomic mass is 10.1.